The van der Waals surface area contributed by atoms with E-state index in [-0.39, 0.29) is 18.7 Å². The molecule has 4 heterocycles. The Morgan fingerprint density at radius 1 is 1.07 bits per heavy atom. The standard InChI is InChI=1S/C23H25N5O2/c1-27-13-16-12-25-20-10-9-19(15-7-8-17(14-29)24-11-15)26-21(20)22(16)28(23(27)30)18-5-3-2-4-6-18/h7-12,18,29H,2-6,13-14H2,1H3. The van der Waals surface area contributed by atoms with Crippen LogP contribution in [0.2, 0.25) is 0 Å². The Hall–Kier alpha value is -3.06. The van der Waals surface area contributed by atoms with Gasteiger partial charge in [0.05, 0.1) is 35.7 Å². The Bertz CT molecular complexity index is 1090. The molecular formula is C23H25N5O2. The van der Waals surface area contributed by atoms with Crippen molar-refractivity contribution in [2.75, 3.05) is 11.9 Å². The fraction of sp³-hybridized carbons (Fsp3) is 0.391. The molecule has 1 fully saturated rings. The van der Waals surface area contributed by atoms with Gasteiger partial charge < -0.3 is 10.0 Å². The molecule has 1 saturated carbocycles. The van der Waals surface area contributed by atoms with Gasteiger partial charge in [-0.1, -0.05) is 19.3 Å². The molecule has 0 atom stereocenters. The maximum atomic E-state index is 13.2. The number of rotatable bonds is 3. The molecule has 30 heavy (non-hydrogen) atoms. The summed E-state index contributed by atoms with van der Waals surface area (Å²) in [6.07, 6.45) is 9.19. The van der Waals surface area contributed by atoms with Crippen LogP contribution in [0.15, 0.2) is 36.7 Å². The summed E-state index contributed by atoms with van der Waals surface area (Å²) >= 11 is 0. The van der Waals surface area contributed by atoms with Crippen LogP contribution in [0.1, 0.15) is 43.4 Å². The highest BCUT2D eigenvalue weighted by atomic mass is 16.3. The number of urea groups is 1. The number of nitrogens with zero attached hydrogens (tertiary/aromatic N) is 5. The van der Waals surface area contributed by atoms with E-state index in [2.05, 4.69) is 9.97 Å². The second kappa shape index (κ2) is 7.65. The number of hydrogen-bond donors (Lipinski definition) is 1. The minimum atomic E-state index is -0.0885. The fourth-order valence-electron chi connectivity index (χ4n) is 4.59. The highest BCUT2D eigenvalue weighted by molar-refractivity contribution is 6.04. The van der Waals surface area contributed by atoms with Crippen LogP contribution < -0.4 is 4.90 Å². The third-order valence-corrected chi connectivity index (χ3v) is 6.17. The number of aliphatic hydroxyl groups excluding tert-OH is 1. The van der Waals surface area contributed by atoms with E-state index in [1.165, 1.54) is 6.42 Å². The average molecular weight is 403 g/mol. The second-order valence-corrected chi connectivity index (χ2v) is 8.19. The molecular weight excluding hydrogens is 378 g/mol. The summed E-state index contributed by atoms with van der Waals surface area (Å²) < 4.78 is 0. The van der Waals surface area contributed by atoms with Gasteiger partial charge in [-0.15, -0.1) is 0 Å². The van der Waals surface area contributed by atoms with Crippen molar-refractivity contribution in [2.24, 2.45) is 0 Å². The smallest absolute Gasteiger partial charge is 0.324 e. The Morgan fingerprint density at radius 3 is 2.63 bits per heavy atom. The van der Waals surface area contributed by atoms with Crippen LogP contribution in [0.5, 0.6) is 0 Å². The van der Waals surface area contributed by atoms with Gasteiger partial charge in [-0.3, -0.25) is 14.9 Å². The molecule has 0 bridgehead atoms. The van der Waals surface area contributed by atoms with Crippen molar-refractivity contribution in [1.29, 1.82) is 0 Å². The molecule has 2 aliphatic rings. The van der Waals surface area contributed by atoms with Crippen molar-refractivity contribution in [1.82, 2.24) is 19.9 Å². The van der Waals surface area contributed by atoms with Crippen LogP contribution in [-0.2, 0) is 13.2 Å². The number of amides is 2. The van der Waals surface area contributed by atoms with E-state index >= 15 is 0 Å². The fourth-order valence-corrected chi connectivity index (χ4v) is 4.59. The van der Waals surface area contributed by atoms with Crippen LogP contribution in [0.25, 0.3) is 22.3 Å². The predicted octanol–water partition coefficient (Wildman–Crippen LogP) is 3.89. The Labute approximate surface area is 175 Å². The van der Waals surface area contributed by atoms with Gasteiger partial charge in [-0.2, -0.15) is 0 Å². The Morgan fingerprint density at radius 2 is 1.90 bits per heavy atom. The SMILES string of the molecule is CN1Cc2cnc3ccc(-c4ccc(CO)nc4)nc3c2N(C2CCCCC2)C1=O. The molecule has 7 heteroatoms. The number of hydrogen-bond acceptors (Lipinski definition) is 5. The first-order valence-electron chi connectivity index (χ1n) is 10.5. The Balaban J connectivity index is 1.66. The summed E-state index contributed by atoms with van der Waals surface area (Å²) in [5.41, 5.74) is 5.78. The second-order valence-electron chi connectivity index (χ2n) is 8.19. The van der Waals surface area contributed by atoms with Crippen LogP contribution in [-0.4, -0.2) is 44.1 Å². The topological polar surface area (TPSA) is 82.4 Å². The van der Waals surface area contributed by atoms with Gasteiger partial charge in [0.1, 0.15) is 5.52 Å². The maximum Gasteiger partial charge on any atom is 0.324 e. The van der Waals surface area contributed by atoms with E-state index < -0.39 is 0 Å². The third-order valence-electron chi connectivity index (χ3n) is 6.17. The molecule has 0 aromatic carbocycles. The van der Waals surface area contributed by atoms with Crippen LogP contribution in [0, 0.1) is 0 Å². The number of carbonyl (C=O) groups excluding carboxylic acids is 1. The van der Waals surface area contributed by atoms with Gasteiger partial charge in [0.15, 0.2) is 0 Å². The third kappa shape index (κ3) is 3.19. The molecule has 1 aliphatic heterocycles. The van der Waals surface area contributed by atoms with Gasteiger partial charge >= 0.3 is 6.03 Å². The number of fused-ring (bicyclic) bond motifs is 3. The zero-order chi connectivity index (χ0) is 20.7. The first-order chi connectivity index (χ1) is 14.7. The highest BCUT2D eigenvalue weighted by Gasteiger charge is 2.36. The van der Waals surface area contributed by atoms with Gasteiger partial charge in [0, 0.05) is 36.6 Å². The number of aromatic nitrogens is 3. The summed E-state index contributed by atoms with van der Waals surface area (Å²) in [6, 6.07) is 7.84. The van der Waals surface area contributed by atoms with E-state index in [0.717, 1.165) is 59.2 Å². The number of anilines is 1. The summed E-state index contributed by atoms with van der Waals surface area (Å²) in [5, 5.41) is 9.24. The van der Waals surface area contributed by atoms with Gasteiger partial charge in [0.25, 0.3) is 0 Å². The molecule has 0 spiro atoms. The molecule has 3 aromatic heterocycles. The first kappa shape index (κ1) is 18.9. The monoisotopic (exact) mass is 403 g/mol. The summed E-state index contributed by atoms with van der Waals surface area (Å²) in [7, 11) is 1.85. The van der Waals surface area contributed by atoms with Crippen LogP contribution in [0.3, 0.4) is 0 Å². The number of carbonyl (C=O) groups is 1. The van der Waals surface area contributed by atoms with Gasteiger partial charge in [0.2, 0.25) is 0 Å². The molecule has 3 aromatic rings. The predicted molar refractivity (Wildman–Crippen MR) is 115 cm³/mol. The molecule has 0 radical (unpaired) electrons. The number of pyridine rings is 3. The normalized spacial score (nSPS) is 17.5. The van der Waals surface area contributed by atoms with Gasteiger partial charge in [-0.25, -0.2) is 9.78 Å². The lowest BCUT2D eigenvalue weighted by Crippen LogP contribution is -2.51. The lowest BCUT2D eigenvalue weighted by Gasteiger charge is -2.41. The molecule has 154 valence electrons. The van der Waals surface area contributed by atoms with Crippen molar-refractivity contribution in [3.05, 3.63) is 47.9 Å². The summed E-state index contributed by atoms with van der Waals surface area (Å²) in [6.45, 7) is 0.452. The van der Waals surface area contributed by atoms with E-state index in [1.54, 1.807) is 17.2 Å². The average Bonchev–Trinajstić information content (AvgIpc) is 2.80. The van der Waals surface area contributed by atoms with Crippen molar-refractivity contribution in [2.45, 2.75) is 51.3 Å². The zero-order valence-electron chi connectivity index (χ0n) is 17.1. The van der Waals surface area contributed by atoms with Crippen molar-refractivity contribution in [3.63, 3.8) is 0 Å². The summed E-state index contributed by atoms with van der Waals surface area (Å²) in [4.78, 5) is 30.8. The summed E-state index contributed by atoms with van der Waals surface area (Å²) in [5.74, 6) is 0. The van der Waals surface area contributed by atoms with Gasteiger partial charge in [-0.05, 0) is 37.1 Å². The lowest BCUT2D eigenvalue weighted by atomic mass is 9.92. The van der Waals surface area contributed by atoms with Crippen LogP contribution >= 0.6 is 0 Å². The highest BCUT2D eigenvalue weighted by Crippen LogP contribution is 2.38. The lowest BCUT2D eigenvalue weighted by molar-refractivity contribution is 0.205. The van der Waals surface area contributed by atoms with Crippen molar-refractivity contribution < 1.29 is 9.90 Å². The maximum absolute atomic E-state index is 13.2. The molecule has 0 unspecified atom stereocenters. The van der Waals surface area contributed by atoms with Crippen molar-refractivity contribution in [3.8, 4) is 11.3 Å². The Kier molecular flexibility index (Phi) is 4.83. The molecule has 0 saturated heterocycles. The largest absolute Gasteiger partial charge is 0.390 e. The van der Waals surface area contributed by atoms with Crippen molar-refractivity contribution >= 4 is 22.8 Å². The molecule has 1 aliphatic carbocycles. The van der Waals surface area contributed by atoms with E-state index in [4.69, 9.17) is 4.98 Å². The number of aliphatic hydroxyl groups is 1. The van der Waals surface area contributed by atoms with Crippen LogP contribution in [0.4, 0.5) is 10.5 Å². The molecule has 7 nitrogen and oxygen atoms in total. The van der Waals surface area contributed by atoms with E-state index in [9.17, 15) is 9.90 Å². The molecule has 1 N–H and O–H groups in total. The molecule has 2 amide bonds. The minimum Gasteiger partial charge on any atom is -0.390 e. The minimum absolute atomic E-state index is 0.0445. The van der Waals surface area contributed by atoms with E-state index in [1.807, 2.05) is 36.3 Å². The zero-order valence-corrected chi connectivity index (χ0v) is 17.1. The quantitative estimate of drug-likeness (QED) is 0.717. The first-order valence-corrected chi connectivity index (χ1v) is 10.5. The van der Waals surface area contributed by atoms with E-state index in [0.29, 0.717) is 12.2 Å². The molecule has 5 rings (SSSR count).